The maximum Gasteiger partial charge on any atom is 0.126 e. The van der Waals surface area contributed by atoms with Gasteiger partial charge in [0.2, 0.25) is 0 Å². The van der Waals surface area contributed by atoms with E-state index in [1.807, 2.05) is 6.92 Å². The molecule has 1 saturated carbocycles. The topological polar surface area (TPSA) is 12.0 Å². The molecule has 0 amide bonds. The van der Waals surface area contributed by atoms with Gasteiger partial charge in [0.05, 0.1) is 0 Å². The van der Waals surface area contributed by atoms with Crippen molar-refractivity contribution < 1.29 is 8.78 Å². The van der Waals surface area contributed by atoms with Crippen LogP contribution in [-0.4, -0.2) is 6.54 Å². The lowest BCUT2D eigenvalue weighted by Crippen LogP contribution is -2.34. The average molecular weight is 253 g/mol. The van der Waals surface area contributed by atoms with Crippen molar-refractivity contribution in [2.45, 2.75) is 45.6 Å². The SMILES string of the molecule is CCNC(c1cc(F)cc(F)c1)C1(C)CCCC1. The Morgan fingerprint density at radius 3 is 2.22 bits per heavy atom. The van der Waals surface area contributed by atoms with Crippen molar-refractivity contribution in [3.8, 4) is 0 Å². The van der Waals surface area contributed by atoms with E-state index in [0.29, 0.717) is 0 Å². The maximum absolute atomic E-state index is 13.4. The Morgan fingerprint density at radius 2 is 1.72 bits per heavy atom. The molecule has 2 rings (SSSR count). The zero-order valence-electron chi connectivity index (χ0n) is 11.1. The molecule has 0 bridgehead atoms. The van der Waals surface area contributed by atoms with Crippen LogP contribution in [0.3, 0.4) is 0 Å². The van der Waals surface area contributed by atoms with E-state index in [1.54, 1.807) is 0 Å². The Labute approximate surface area is 108 Å². The minimum absolute atomic E-state index is 0.0372. The Morgan fingerprint density at radius 1 is 1.17 bits per heavy atom. The molecule has 1 aliphatic rings. The maximum atomic E-state index is 13.4. The third kappa shape index (κ3) is 2.72. The number of hydrogen-bond acceptors (Lipinski definition) is 1. The number of rotatable bonds is 4. The van der Waals surface area contributed by atoms with Crippen LogP contribution < -0.4 is 5.32 Å². The lowest BCUT2D eigenvalue weighted by Gasteiger charge is -2.35. The number of benzene rings is 1. The summed E-state index contributed by atoms with van der Waals surface area (Å²) in [6.07, 6.45) is 4.64. The molecule has 1 atom stereocenters. The highest BCUT2D eigenvalue weighted by molar-refractivity contribution is 5.24. The fourth-order valence-electron chi connectivity index (χ4n) is 3.18. The van der Waals surface area contributed by atoms with Gasteiger partial charge in [-0.25, -0.2) is 8.78 Å². The zero-order chi connectivity index (χ0) is 13.2. The molecule has 18 heavy (non-hydrogen) atoms. The van der Waals surface area contributed by atoms with Crippen LogP contribution in [0.5, 0.6) is 0 Å². The molecule has 0 spiro atoms. The predicted octanol–water partition coefficient (Wildman–Crippen LogP) is 4.20. The van der Waals surface area contributed by atoms with Gasteiger partial charge < -0.3 is 5.32 Å². The quantitative estimate of drug-likeness (QED) is 0.848. The molecule has 0 saturated heterocycles. The van der Waals surface area contributed by atoms with Crippen molar-refractivity contribution in [2.75, 3.05) is 6.54 Å². The number of nitrogens with one attached hydrogen (secondary N) is 1. The Hall–Kier alpha value is -0.960. The van der Waals surface area contributed by atoms with Crippen LogP contribution in [0.1, 0.15) is 51.1 Å². The monoisotopic (exact) mass is 253 g/mol. The Kier molecular flexibility index (Phi) is 4.00. The normalized spacial score (nSPS) is 20.0. The molecule has 1 N–H and O–H groups in total. The van der Waals surface area contributed by atoms with Crippen LogP contribution >= 0.6 is 0 Å². The summed E-state index contributed by atoms with van der Waals surface area (Å²) in [5.41, 5.74) is 0.842. The fourth-order valence-corrected chi connectivity index (χ4v) is 3.18. The summed E-state index contributed by atoms with van der Waals surface area (Å²) in [5.74, 6) is -0.982. The fraction of sp³-hybridized carbons (Fsp3) is 0.600. The second kappa shape index (κ2) is 5.35. The molecule has 1 aromatic carbocycles. The van der Waals surface area contributed by atoms with Crippen LogP contribution in [0, 0.1) is 17.0 Å². The molecule has 1 aromatic rings. The lowest BCUT2D eigenvalue weighted by molar-refractivity contribution is 0.225. The molecule has 1 nitrogen and oxygen atoms in total. The highest BCUT2D eigenvalue weighted by atomic mass is 19.1. The first-order chi connectivity index (χ1) is 8.55. The van der Waals surface area contributed by atoms with Crippen LogP contribution in [0.4, 0.5) is 8.78 Å². The molecule has 0 aliphatic heterocycles. The van der Waals surface area contributed by atoms with Crippen molar-refractivity contribution in [3.05, 3.63) is 35.4 Å². The van der Waals surface area contributed by atoms with Gasteiger partial charge in [-0.1, -0.05) is 26.7 Å². The summed E-state index contributed by atoms with van der Waals surface area (Å²) in [7, 11) is 0. The minimum Gasteiger partial charge on any atom is -0.310 e. The highest BCUT2D eigenvalue weighted by Crippen LogP contribution is 2.47. The van der Waals surface area contributed by atoms with E-state index >= 15 is 0 Å². The van der Waals surface area contributed by atoms with Gasteiger partial charge >= 0.3 is 0 Å². The third-order valence-corrected chi connectivity index (χ3v) is 4.07. The summed E-state index contributed by atoms with van der Waals surface area (Å²) >= 11 is 0. The van der Waals surface area contributed by atoms with E-state index in [1.165, 1.54) is 25.0 Å². The van der Waals surface area contributed by atoms with Gasteiger partial charge in [0.1, 0.15) is 11.6 Å². The standard InChI is InChI=1S/C15H21F2N/c1-3-18-14(15(2)6-4-5-7-15)11-8-12(16)10-13(17)9-11/h8-10,14,18H,3-7H2,1-2H3. The number of halogens is 2. The van der Waals surface area contributed by atoms with Gasteiger partial charge in [-0.2, -0.15) is 0 Å². The molecule has 0 radical (unpaired) electrons. The molecule has 0 heterocycles. The molecule has 1 aliphatic carbocycles. The van der Waals surface area contributed by atoms with Crippen LogP contribution in [0.25, 0.3) is 0 Å². The van der Waals surface area contributed by atoms with Gasteiger partial charge in [-0.15, -0.1) is 0 Å². The van der Waals surface area contributed by atoms with Crippen LogP contribution in [0.15, 0.2) is 18.2 Å². The second-order valence-electron chi connectivity index (χ2n) is 5.55. The summed E-state index contributed by atoms with van der Waals surface area (Å²) in [6, 6.07) is 3.89. The Balaban J connectivity index is 2.34. The van der Waals surface area contributed by atoms with Gasteiger partial charge in [0.15, 0.2) is 0 Å². The van der Waals surface area contributed by atoms with Gasteiger partial charge in [-0.3, -0.25) is 0 Å². The third-order valence-electron chi connectivity index (χ3n) is 4.07. The van der Waals surface area contributed by atoms with Gasteiger partial charge in [0, 0.05) is 12.1 Å². The van der Waals surface area contributed by atoms with Crippen molar-refractivity contribution in [2.24, 2.45) is 5.41 Å². The van der Waals surface area contributed by atoms with Crippen molar-refractivity contribution in [3.63, 3.8) is 0 Å². The van der Waals surface area contributed by atoms with E-state index in [4.69, 9.17) is 0 Å². The first kappa shape index (κ1) is 13.5. The van der Waals surface area contributed by atoms with Gasteiger partial charge in [0.25, 0.3) is 0 Å². The molecule has 100 valence electrons. The van der Waals surface area contributed by atoms with Crippen molar-refractivity contribution in [1.82, 2.24) is 5.32 Å². The summed E-state index contributed by atoms with van der Waals surface area (Å²) in [6.45, 7) is 5.05. The molecular weight excluding hydrogens is 232 g/mol. The summed E-state index contributed by atoms with van der Waals surface area (Å²) in [4.78, 5) is 0. The van der Waals surface area contributed by atoms with E-state index in [9.17, 15) is 8.78 Å². The largest absolute Gasteiger partial charge is 0.310 e. The number of hydrogen-bond donors (Lipinski definition) is 1. The lowest BCUT2D eigenvalue weighted by atomic mass is 9.77. The first-order valence-electron chi connectivity index (χ1n) is 6.74. The van der Waals surface area contributed by atoms with Gasteiger partial charge in [-0.05, 0) is 42.5 Å². The molecule has 1 fully saturated rings. The van der Waals surface area contributed by atoms with Crippen LogP contribution in [0.2, 0.25) is 0 Å². The second-order valence-corrected chi connectivity index (χ2v) is 5.55. The average Bonchev–Trinajstić information content (AvgIpc) is 2.72. The smallest absolute Gasteiger partial charge is 0.126 e. The highest BCUT2D eigenvalue weighted by Gasteiger charge is 2.37. The van der Waals surface area contributed by atoms with E-state index < -0.39 is 11.6 Å². The van der Waals surface area contributed by atoms with E-state index in [-0.39, 0.29) is 11.5 Å². The zero-order valence-corrected chi connectivity index (χ0v) is 11.1. The molecule has 3 heteroatoms. The predicted molar refractivity (Wildman–Crippen MR) is 69.4 cm³/mol. The minimum atomic E-state index is -0.491. The summed E-state index contributed by atoms with van der Waals surface area (Å²) in [5, 5.41) is 3.40. The van der Waals surface area contributed by atoms with Crippen molar-refractivity contribution >= 4 is 0 Å². The first-order valence-corrected chi connectivity index (χ1v) is 6.74. The summed E-state index contributed by atoms with van der Waals surface area (Å²) < 4.78 is 26.7. The van der Waals surface area contributed by atoms with Crippen LogP contribution in [-0.2, 0) is 0 Å². The molecule has 0 aromatic heterocycles. The van der Waals surface area contributed by atoms with Crippen molar-refractivity contribution in [1.29, 1.82) is 0 Å². The van der Waals surface area contributed by atoms with E-state index in [0.717, 1.165) is 31.0 Å². The molecule has 1 unspecified atom stereocenters. The molecular formula is C15H21F2N. The van der Waals surface area contributed by atoms with E-state index in [2.05, 4.69) is 12.2 Å². The Bertz CT molecular complexity index is 391.